The average Bonchev–Trinajstić information content (AvgIpc) is 2.47. The first-order valence-electron chi connectivity index (χ1n) is 8.27. The Labute approximate surface area is 142 Å². The lowest BCUT2D eigenvalue weighted by molar-refractivity contribution is -0.147. The van der Waals surface area contributed by atoms with Crippen molar-refractivity contribution < 1.29 is 4.74 Å². The highest BCUT2D eigenvalue weighted by Crippen LogP contribution is 2.47. The van der Waals surface area contributed by atoms with Gasteiger partial charge in [-0.2, -0.15) is 0 Å². The van der Waals surface area contributed by atoms with Crippen molar-refractivity contribution in [3.8, 4) is 0 Å². The molecule has 0 aromatic heterocycles. The number of rotatable bonds is 4. The molecule has 2 atom stereocenters. The molecule has 1 aliphatic carbocycles. The van der Waals surface area contributed by atoms with Gasteiger partial charge in [-0.15, -0.1) is 0 Å². The summed E-state index contributed by atoms with van der Waals surface area (Å²) in [6, 6.07) is 7.20. The molecule has 1 aromatic carbocycles. The summed E-state index contributed by atoms with van der Waals surface area (Å²) < 4.78 is 7.55. The Morgan fingerprint density at radius 3 is 2.90 bits per heavy atom. The molecule has 116 valence electrons. The minimum Gasteiger partial charge on any atom is -0.375 e. The van der Waals surface area contributed by atoms with Crippen LogP contribution in [0, 0.1) is 16.4 Å². The molecule has 3 rings (SSSR count). The van der Waals surface area contributed by atoms with Crippen LogP contribution in [0.2, 0.25) is 0 Å². The van der Waals surface area contributed by atoms with Crippen LogP contribution in [-0.2, 0) is 4.74 Å². The van der Waals surface area contributed by atoms with E-state index in [9.17, 15) is 0 Å². The Kier molecular flexibility index (Phi) is 4.91. The number of benzene rings is 1. The van der Waals surface area contributed by atoms with Gasteiger partial charge in [-0.1, -0.05) is 25.1 Å². The van der Waals surface area contributed by atoms with E-state index in [-0.39, 0.29) is 5.60 Å². The van der Waals surface area contributed by atoms with Gasteiger partial charge in [0.2, 0.25) is 0 Å². The van der Waals surface area contributed by atoms with Gasteiger partial charge in [0.05, 0.1) is 5.60 Å². The molecule has 2 unspecified atom stereocenters. The van der Waals surface area contributed by atoms with Crippen LogP contribution in [0.3, 0.4) is 0 Å². The van der Waals surface area contributed by atoms with Crippen molar-refractivity contribution in [2.24, 2.45) is 5.92 Å². The Hall–Kier alpha value is -0.130. The van der Waals surface area contributed by atoms with E-state index in [1.165, 1.54) is 46.8 Å². The second kappa shape index (κ2) is 6.55. The van der Waals surface area contributed by atoms with Gasteiger partial charge in [0.25, 0.3) is 0 Å². The summed E-state index contributed by atoms with van der Waals surface area (Å²) >= 11 is 2.52. The molecule has 1 aromatic rings. The van der Waals surface area contributed by atoms with Crippen molar-refractivity contribution in [1.82, 2.24) is 5.32 Å². The van der Waals surface area contributed by atoms with Gasteiger partial charge < -0.3 is 10.1 Å². The third kappa shape index (κ3) is 3.15. The summed E-state index contributed by atoms with van der Waals surface area (Å²) in [5.41, 5.74) is 3.10. The van der Waals surface area contributed by atoms with E-state index in [0.29, 0.717) is 12.0 Å². The smallest absolute Gasteiger partial charge is 0.0686 e. The zero-order valence-electron chi connectivity index (χ0n) is 13.1. The minimum atomic E-state index is 0.228. The lowest BCUT2D eigenvalue weighted by Crippen LogP contribution is -2.48. The van der Waals surface area contributed by atoms with Gasteiger partial charge in [0.1, 0.15) is 0 Å². The van der Waals surface area contributed by atoms with Crippen LogP contribution in [0.4, 0.5) is 0 Å². The molecular weight excluding hydrogens is 373 g/mol. The molecule has 1 aliphatic heterocycles. The Morgan fingerprint density at radius 1 is 1.43 bits per heavy atom. The summed E-state index contributed by atoms with van der Waals surface area (Å²) in [5.74, 6) is 0.703. The van der Waals surface area contributed by atoms with Crippen molar-refractivity contribution in [3.05, 3.63) is 32.9 Å². The molecular formula is C18H26INO. The van der Waals surface area contributed by atoms with Gasteiger partial charge in [-0.3, -0.25) is 0 Å². The van der Waals surface area contributed by atoms with Crippen molar-refractivity contribution >= 4 is 22.6 Å². The van der Waals surface area contributed by atoms with E-state index >= 15 is 0 Å². The quantitative estimate of drug-likeness (QED) is 0.748. The van der Waals surface area contributed by atoms with Gasteiger partial charge in [0.15, 0.2) is 0 Å². The zero-order chi connectivity index (χ0) is 14.9. The summed E-state index contributed by atoms with van der Waals surface area (Å²) in [6.07, 6.45) is 6.30. The van der Waals surface area contributed by atoms with Crippen molar-refractivity contribution in [1.29, 1.82) is 0 Å². The molecule has 1 saturated carbocycles. The molecule has 3 heteroatoms. The standard InChI is InChI=1S/C18H26INO/c1-3-20-17(15-7-4-6-13(2)16(15)19)14-8-11-21-18(12-14)9-5-10-18/h4,6-7,14,17,20H,3,5,8-12H2,1-2H3. The van der Waals surface area contributed by atoms with Crippen LogP contribution in [-0.4, -0.2) is 18.8 Å². The molecule has 0 radical (unpaired) electrons. The Balaban J connectivity index is 1.85. The monoisotopic (exact) mass is 399 g/mol. The van der Waals surface area contributed by atoms with Gasteiger partial charge >= 0.3 is 0 Å². The van der Waals surface area contributed by atoms with Crippen LogP contribution in [0.1, 0.15) is 56.2 Å². The fraction of sp³-hybridized carbons (Fsp3) is 0.667. The van der Waals surface area contributed by atoms with E-state index in [1.54, 1.807) is 0 Å². The zero-order valence-corrected chi connectivity index (χ0v) is 15.3. The average molecular weight is 399 g/mol. The van der Waals surface area contributed by atoms with Gasteiger partial charge in [-0.25, -0.2) is 0 Å². The predicted molar refractivity (Wildman–Crippen MR) is 95.6 cm³/mol. The first-order valence-corrected chi connectivity index (χ1v) is 9.35. The molecule has 2 fully saturated rings. The third-order valence-electron chi connectivity index (χ3n) is 5.25. The predicted octanol–water partition coefficient (Wildman–Crippen LogP) is 4.60. The molecule has 1 saturated heterocycles. The van der Waals surface area contributed by atoms with Crippen molar-refractivity contribution in [3.63, 3.8) is 0 Å². The maximum atomic E-state index is 6.12. The Morgan fingerprint density at radius 2 is 2.24 bits per heavy atom. The number of aryl methyl sites for hydroxylation is 1. The highest BCUT2D eigenvalue weighted by molar-refractivity contribution is 14.1. The largest absolute Gasteiger partial charge is 0.375 e. The van der Waals surface area contributed by atoms with Crippen LogP contribution >= 0.6 is 22.6 Å². The molecule has 1 N–H and O–H groups in total. The maximum Gasteiger partial charge on any atom is 0.0686 e. The number of halogens is 1. The van der Waals surface area contributed by atoms with Crippen molar-refractivity contribution in [2.75, 3.05) is 13.2 Å². The minimum absolute atomic E-state index is 0.228. The SMILES string of the molecule is CCNC(c1cccc(C)c1I)C1CCOC2(CCC2)C1. The van der Waals surface area contributed by atoms with E-state index in [1.807, 2.05) is 0 Å². The van der Waals surface area contributed by atoms with E-state index < -0.39 is 0 Å². The van der Waals surface area contributed by atoms with Crippen LogP contribution in [0.5, 0.6) is 0 Å². The number of hydrogen-bond donors (Lipinski definition) is 1. The molecule has 2 aliphatic rings. The topological polar surface area (TPSA) is 21.3 Å². The molecule has 21 heavy (non-hydrogen) atoms. The number of ether oxygens (including phenoxy) is 1. The molecule has 1 spiro atoms. The fourth-order valence-electron chi connectivity index (χ4n) is 3.93. The van der Waals surface area contributed by atoms with Gasteiger partial charge in [-0.05, 0) is 85.2 Å². The van der Waals surface area contributed by atoms with E-state index in [2.05, 4.69) is 60.0 Å². The van der Waals surface area contributed by atoms with Crippen molar-refractivity contribution in [2.45, 2.75) is 57.6 Å². The first-order chi connectivity index (χ1) is 10.2. The first kappa shape index (κ1) is 15.8. The summed E-state index contributed by atoms with van der Waals surface area (Å²) in [4.78, 5) is 0. The van der Waals surface area contributed by atoms with Crippen LogP contribution < -0.4 is 5.32 Å². The normalized spacial score (nSPS) is 25.6. The fourth-order valence-corrected chi connectivity index (χ4v) is 4.63. The number of hydrogen-bond acceptors (Lipinski definition) is 2. The van der Waals surface area contributed by atoms with Crippen LogP contribution in [0.15, 0.2) is 18.2 Å². The number of nitrogens with one attached hydrogen (secondary N) is 1. The third-order valence-corrected chi connectivity index (χ3v) is 6.72. The lowest BCUT2D eigenvalue weighted by atomic mass is 9.69. The highest BCUT2D eigenvalue weighted by Gasteiger charge is 2.44. The van der Waals surface area contributed by atoms with E-state index in [4.69, 9.17) is 4.74 Å². The summed E-state index contributed by atoms with van der Waals surface area (Å²) in [7, 11) is 0. The molecule has 0 bridgehead atoms. The second-order valence-electron chi connectivity index (χ2n) is 6.65. The molecule has 1 heterocycles. The Bertz CT molecular complexity index is 498. The summed E-state index contributed by atoms with van der Waals surface area (Å²) in [5, 5.41) is 3.76. The maximum absolute atomic E-state index is 6.12. The van der Waals surface area contributed by atoms with Crippen LogP contribution in [0.25, 0.3) is 0 Å². The summed E-state index contributed by atoms with van der Waals surface area (Å²) in [6.45, 7) is 6.40. The second-order valence-corrected chi connectivity index (χ2v) is 7.73. The van der Waals surface area contributed by atoms with Gasteiger partial charge in [0, 0.05) is 16.2 Å². The highest BCUT2D eigenvalue weighted by atomic mass is 127. The molecule has 2 nitrogen and oxygen atoms in total. The molecule has 0 amide bonds. The van der Waals surface area contributed by atoms with E-state index in [0.717, 1.165) is 13.2 Å². The lowest BCUT2D eigenvalue weighted by Gasteiger charge is -2.49.